The van der Waals surface area contributed by atoms with Gasteiger partial charge in [0.25, 0.3) is 0 Å². The molecule has 2 aromatic carbocycles. The summed E-state index contributed by atoms with van der Waals surface area (Å²) in [6, 6.07) is 14.1. The van der Waals surface area contributed by atoms with Gasteiger partial charge in [0.15, 0.2) is 0 Å². The number of anilines is 1. The molecule has 33 heavy (non-hydrogen) atoms. The smallest absolute Gasteiger partial charge is 0.224 e. The average Bonchev–Trinajstić information content (AvgIpc) is 2.83. The zero-order valence-corrected chi connectivity index (χ0v) is 19.3. The van der Waals surface area contributed by atoms with Gasteiger partial charge in [0.05, 0.1) is 13.7 Å². The van der Waals surface area contributed by atoms with E-state index in [2.05, 4.69) is 21.6 Å². The average molecular weight is 452 g/mol. The van der Waals surface area contributed by atoms with Crippen LogP contribution in [0.4, 0.5) is 5.69 Å². The molecule has 4 rings (SSSR count). The summed E-state index contributed by atoms with van der Waals surface area (Å²) in [5.74, 6) is 1.87. The van der Waals surface area contributed by atoms with Crippen LogP contribution in [0, 0.1) is 0 Å². The Kier molecular flexibility index (Phi) is 7.83. The van der Waals surface area contributed by atoms with Crippen molar-refractivity contribution in [2.75, 3.05) is 32.1 Å². The van der Waals surface area contributed by atoms with Crippen LogP contribution in [-0.4, -0.2) is 49.6 Å². The predicted octanol–water partition coefficient (Wildman–Crippen LogP) is 3.52. The first-order valence-electron chi connectivity index (χ1n) is 11.8. The Balaban J connectivity index is 1.12. The number of ether oxygens (including phenoxy) is 2. The van der Waals surface area contributed by atoms with Crippen molar-refractivity contribution >= 4 is 17.5 Å². The van der Waals surface area contributed by atoms with Gasteiger partial charge in [-0.25, -0.2) is 0 Å². The molecule has 7 heteroatoms. The number of carbonyl (C=O) groups excluding carboxylic acids is 2. The van der Waals surface area contributed by atoms with Crippen LogP contribution in [0.15, 0.2) is 42.5 Å². The lowest BCUT2D eigenvalue weighted by Gasteiger charge is -2.32. The Morgan fingerprint density at radius 3 is 2.79 bits per heavy atom. The second kappa shape index (κ2) is 11.2. The third-order valence-electron chi connectivity index (χ3n) is 6.33. The van der Waals surface area contributed by atoms with Crippen molar-refractivity contribution in [3.63, 3.8) is 0 Å². The van der Waals surface area contributed by atoms with Gasteiger partial charge in [-0.3, -0.25) is 14.5 Å². The fourth-order valence-corrected chi connectivity index (χ4v) is 4.48. The fraction of sp³-hybridized carbons (Fsp3) is 0.462. The predicted molar refractivity (Wildman–Crippen MR) is 128 cm³/mol. The molecule has 1 fully saturated rings. The Labute approximate surface area is 195 Å². The minimum Gasteiger partial charge on any atom is -0.496 e. The van der Waals surface area contributed by atoms with E-state index in [-0.39, 0.29) is 17.9 Å². The van der Waals surface area contributed by atoms with Crippen LogP contribution in [0.2, 0.25) is 0 Å². The van der Waals surface area contributed by atoms with Gasteiger partial charge in [-0.1, -0.05) is 18.2 Å². The highest BCUT2D eigenvalue weighted by Gasteiger charge is 2.21. The number of aryl methyl sites for hydroxylation is 1. The summed E-state index contributed by atoms with van der Waals surface area (Å²) >= 11 is 0. The number of likely N-dealkylation sites (tertiary alicyclic amines) is 1. The van der Waals surface area contributed by atoms with Crippen molar-refractivity contribution in [1.82, 2.24) is 10.2 Å². The van der Waals surface area contributed by atoms with Gasteiger partial charge in [0, 0.05) is 49.8 Å². The number of hydrogen-bond donors (Lipinski definition) is 2. The molecule has 0 unspecified atom stereocenters. The van der Waals surface area contributed by atoms with E-state index in [1.165, 1.54) is 5.56 Å². The quantitative estimate of drug-likeness (QED) is 0.571. The number of benzene rings is 2. The summed E-state index contributed by atoms with van der Waals surface area (Å²) in [6.07, 6.45) is 4.30. The standard InChI is InChI=1S/C26H33N3O4/c1-32-24-6-3-2-5-20(24)18-29-14-12-21(13-15-29)27-25(30)7-4-16-33-22-9-10-23-19(17-22)8-11-26(31)28-23/h2-3,5-6,9-10,17,21H,4,7-8,11-16,18H2,1H3,(H,27,30)(H,28,31). The van der Waals surface area contributed by atoms with Crippen LogP contribution in [0.1, 0.15) is 43.2 Å². The first kappa shape index (κ1) is 23.1. The van der Waals surface area contributed by atoms with Crippen molar-refractivity contribution in [2.24, 2.45) is 0 Å². The number of para-hydroxylation sites is 1. The number of nitrogens with zero attached hydrogens (tertiary/aromatic N) is 1. The van der Waals surface area contributed by atoms with Gasteiger partial charge >= 0.3 is 0 Å². The van der Waals surface area contributed by atoms with Crippen LogP contribution in [0.3, 0.4) is 0 Å². The van der Waals surface area contributed by atoms with E-state index < -0.39 is 0 Å². The van der Waals surface area contributed by atoms with Crippen LogP contribution in [0.5, 0.6) is 11.5 Å². The molecule has 1 saturated heterocycles. The Morgan fingerprint density at radius 2 is 1.97 bits per heavy atom. The zero-order chi connectivity index (χ0) is 23.0. The fourth-order valence-electron chi connectivity index (χ4n) is 4.48. The Morgan fingerprint density at radius 1 is 1.15 bits per heavy atom. The van der Waals surface area contributed by atoms with Gasteiger partial charge in [0.1, 0.15) is 11.5 Å². The van der Waals surface area contributed by atoms with Crippen LogP contribution < -0.4 is 20.1 Å². The highest BCUT2D eigenvalue weighted by atomic mass is 16.5. The summed E-state index contributed by atoms with van der Waals surface area (Å²) < 4.78 is 11.3. The molecule has 0 aromatic heterocycles. The number of nitrogens with one attached hydrogen (secondary N) is 2. The molecule has 7 nitrogen and oxygen atoms in total. The maximum atomic E-state index is 12.4. The number of methoxy groups -OCH3 is 1. The van der Waals surface area contributed by atoms with E-state index in [4.69, 9.17) is 9.47 Å². The molecule has 0 bridgehead atoms. The van der Waals surface area contributed by atoms with Crippen molar-refractivity contribution in [2.45, 2.75) is 51.1 Å². The summed E-state index contributed by atoms with van der Waals surface area (Å²) in [7, 11) is 1.71. The SMILES string of the molecule is COc1ccccc1CN1CCC(NC(=O)CCCOc2ccc3c(c2)CCC(=O)N3)CC1. The lowest BCUT2D eigenvalue weighted by molar-refractivity contribution is -0.122. The maximum absolute atomic E-state index is 12.4. The summed E-state index contributed by atoms with van der Waals surface area (Å²) in [6.45, 7) is 3.29. The lowest BCUT2D eigenvalue weighted by atomic mass is 10.0. The number of piperidine rings is 1. The first-order chi connectivity index (χ1) is 16.1. The molecule has 0 radical (unpaired) electrons. The van der Waals surface area contributed by atoms with E-state index in [9.17, 15) is 9.59 Å². The van der Waals surface area contributed by atoms with E-state index in [0.29, 0.717) is 25.9 Å². The molecular weight excluding hydrogens is 418 g/mol. The summed E-state index contributed by atoms with van der Waals surface area (Å²) in [5.41, 5.74) is 3.17. The molecule has 0 atom stereocenters. The number of fused-ring (bicyclic) bond motifs is 1. The van der Waals surface area contributed by atoms with Crippen molar-refractivity contribution in [3.8, 4) is 11.5 Å². The maximum Gasteiger partial charge on any atom is 0.224 e. The minimum absolute atomic E-state index is 0.0595. The molecule has 2 heterocycles. The van der Waals surface area contributed by atoms with Crippen LogP contribution >= 0.6 is 0 Å². The van der Waals surface area contributed by atoms with Gasteiger partial charge in [-0.15, -0.1) is 0 Å². The molecule has 2 aromatic rings. The van der Waals surface area contributed by atoms with Crippen LogP contribution in [0.25, 0.3) is 0 Å². The normalized spacial score (nSPS) is 16.6. The second-order valence-corrected chi connectivity index (χ2v) is 8.75. The Hall–Kier alpha value is -3.06. The largest absolute Gasteiger partial charge is 0.496 e. The molecule has 0 saturated carbocycles. The third kappa shape index (κ3) is 6.48. The molecule has 0 spiro atoms. The van der Waals surface area contributed by atoms with E-state index in [1.807, 2.05) is 36.4 Å². The molecule has 2 aliphatic rings. The third-order valence-corrected chi connectivity index (χ3v) is 6.33. The summed E-state index contributed by atoms with van der Waals surface area (Å²) in [5, 5.41) is 6.06. The number of rotatable bonds is 9. The van der Waals surface area contributed by atoms with Gasteiger partial charge in [0.2, 0.25) is 11.8 Å². The molecular formula is C26H33N3O4. The molecule has 176 valence electrons. The van der Waals surface area contributed by atoms with Crippen molar-refractivity contribution < 1.29 is 19.1 Å². The highest BCUT2D eigenvalue weighted by molar-refractivity contribution is 5.94. The first-order valence-corrected chi connectivity index (χ1v) is 11.8. The van der Waals surface area contributed by atoms with Crippen molar-refractivity contribution in [3.05, 3.63) is 53.6 Å². The van der Waals surface area contributed by atoms with Gasteiger partial charge in [-0.05, 0) is 55.5 Å². The van der Waals surface area contributed by atoms with Gasteiger partial charge < -0.3 is 20.1 Å². The summed E-state index contributed by atoms with van der Waals surface area (Å²) in [4.78, 5) is 26.2. The molecule has 2 aliphatic heterocycles. The van der Waals surface area contributed by atoms with E-state index in [0.717, 1.165) is 61.6 Å². The molecule has 2 amide bonds. The minimum atomic E-state index is 0.0595. The number of hydrogen-bond acceptors (Lipinski definition) is 5. The second-order valence-electron chi connectivity index (χ2n) is 8.75. The van der Waals surface area contributed by atoms with Crippen molar-refractivity contribution in [1.29, 1.82) is 0 Å². The zero-order valence-electron chi connectivity index (χ0n) is 19.3. The number of amides is 2. The topological polar surface area (TPSA) is 79.9 Å². The number of carbonyl (C=O) groups is 2. The van der Waals surface area contributed by atoms with Crippen LogP contribution in [-0.2, 0) is 22.6 Å². The van der Waals surface area contributed by atoms with E-state index in [1.54, 1.807) is 7.11 Å². The van der Waals surface area contributed by atoms with E-state index >= 15 is 0 Å². The monoisotopic (exact) mass is 451 g/mol. The molecule has 0 aliphatic carbocycles. The highest BCUT2D eigenvalue weighted by Crippen LogP contribution is 2.27. The molecule has 2 N–H and O–H groups in total. The Bertz CT molecular complexity index is 970. The lowest BCUT2D eigenvalue weighted by Crippen LogP contribution is -2.44. The van der Waals surface area contributed by atoms with Gasteiger partial charge in [-0.2, -0.15) is 0 Å².